The molecule has 2 aliphatic rings. The highest BCUT2D eigenvalue weighted by Crippen LogP contribution is 2.31. The van der Waals surface area contributed by atoms with E-state index in [1.165, 1.54) is 12.8 Å². The van der Waals surface area contributed by atoms with E-state index in [0.717, 1.165) is 67.3 Å². The summed E-state index contributed by atoms with van der Waals surface area (Å²) < 4.78 is 0. The van der Waals surface area contributed by atoms with Gasteiger partial charge in [-0.15, -0.1) is 0 Å². The molecule has 0 bridgehead atoms. The van der Waals surface area contributed by atoms with Gasteiger partial charge in [0.1, 0.15) is 0 Å². The first-order valence-electron chi connectivity index (χ1n) is 10.3. The average Bonchev–Trinajstić information content (AvgIpc) is 3.20. The number of aromatic amines is 1. The summed E-state index contributed by atoms with van der Waals surface area (Å²) in [5.74, 6) is 1.22. The van der Waals surface area contributed by atoms with E-state index >= 15 is 0 Å². The van der Waals surface area contributed by atoms with Crippen molar-refractivity contribution < 1.29 is 9.59 Å². The van der Waals surface area contributed by atoms with Crippen LogP contribution in [0.2, 0.25) is 0 Å². The summed E-state index contributed by atoms with van der Waals surface area (Å²) in [7, 11) is 0. The molecule has 28 heavy (non-hydrogen) atoms. The van der Waals surface area contributed by atoms with E-state index in [1.54, 1.807) is 18.7 Å². The van der Waals surface area contributed by atoms with Crippen molar-refractivity contribution in [2.75, 3.05) is 26.2 Å². The van der Waals surface area contributed by atoms with Gasteiger partial charge >= 0.3 is 0 Å². The lowest BCUT2D eigenvalue weighted by molar-refractivity contribution is -0.129. The topological polar surface area (TPSA) is 91.2 Å². The fourth-order valence-electron chi connectivity index (χ4n) is 4.79. The van der Waals surface area contributed by atoms with Gasteiger partial charge in [0.25, 0.3) is 5.91 Å². The number of fused-ring (bicyclic) bond motifs is 1. The first-order valence-corrected chi connectivity index (χ1v) is 10.3. The molecule has 1 aromatic heterocycles. The average molecular weight is 382 g/mol. The number of H-pyrrole nitrogens is 1. The number of carbonyl (C=O) groups is 2. The molecular weight excluding hydrogens is 352 g/mol. The summed E-state index contributed by atoms with van der Waals surface area (Å²) in [5.41, 5.74) is 7.66. The molecule has 1 aromatic carbocycles. The van der Waals surface area contributed by atoms with Crippen LogP contribution in [0.15, 0.2) is 24.4 Å². The monoisotopic (exact) mass is 381 g/mol. The fourth-order valence-corrected chi connectivity index (χ4v) is 4.79. The van der Waals surface area contributed by atoms with E-state index in [9.17, 15) is 9.59 Å². The van der Waals surface area contributed by atoms with E-state index in [2.05, 4.69) is 10.3 Å². The molecule has 3 heterocycles. The molecule has 0 atom stereocenters. The Kier molecular flexibility index (Phi) is 5.67. The lowest BCUT2D eigenvalue weighted by Gasteiger charge is -2.37. The predicted octanol–water partition coefficient (Wildman–Crippen LogP) is 2.25. The van der Waals surface area contributed by atoms with Gasteiger partial charge in [-0.2, -0.15) is 0 Å². The number of nitrogens with two attached hydrogens (primary N) is 1. The molecule has 2 aliphatic heterocycles. The molecule has 0 spiro atoms. The summed E-state index contributed by atoms with van der Waals surface area (Å²) in [4.78, 5) is 29.4. The Balaban J connectivity index is 1.32. The number of rotatable bonds is 5. The molecule has 4 rings (SSSR count). The maximum Gasteiger partial charge on any atom is 0.250 e. The number of hydrogen-bond donors (Lipinski definition) is 3. The number of amides is 2. The first kappa shape index (κ1) is 19.0. The molecule has 0 aliphatic carbocycles. The summed E-state index contributed by atoms with van der Waals surface area (Å²) in [5, 5.41) is 4.37. The van der Waals surface area contributed by atoms with Gasteiger partial charge in [0.05, 0.1) is 17.5 Å². The van der Waals surface area contributed by atoms with E-state index in [1.807, 2.05) is 17.0 Å². The Labute approximate surface area is 165 Å². The Morgan fingerprint density at radius 2 is 1.82 bits per heavy atom. The normalized spacial score (nSPS) is 19.2. The number of aromatic nitrogens is 1. The fraction of sp³-hybridized carbons (Fsp3) is 0.500. The lowest BCUT2D eigenvalue weighted by atomic mass is 9.79. The van der Waals surface area contributed by atoms with Crippen LogP contribution in [0, 0.1) is 18.3 Å². The van der Waals surface area contributed by atoms with E-state index in [-0.39, 0.29) is 5.91 Å². The van der Waals surface area contributed by atoms with Crippen LogP contribution in [-0.2, 0) is 11.2 Å². The third-order valence-electron chi connectivity index (χ3n) is 6.40. The zero-order valence-corrected chi connectivity index (χ0v) is 16.2. The van der Waals surface area contributed by atoms with Crippen LogP contribution in [-0.4, -0.2) is 47.9 Å². The zero-order chi connectivity index (χ0) is 19.5. The van der Waals surface area contributed by atoms with Gasteiger partial charge in [0.15, 0.2) is 0 Å². The number of primary amides is 1. The van der Waals surface area contributed by atoms with Crippen LogP contribution in [0.3, 0.4) is 0 Å². The Bertz CT molecular complexity index is 845. The van der Waals surface area contributed by atoms with Gasteiger partial charge in [-0.1, -0.05) is 0 Å². The molecule has 6 nitrogen and oxygen atoms in total. The minimum atomic E-state index is -0.458. The number of piperidine rings is 2. The molecule has 1 radical (unpaired) electrons. The lowest BCUT2D eigenvalue weighted by Crippen LogP contribution is -2.42. The zero-order valence-electron chi connectivity index (χ0n) is 16.2. The molecule has 2 aromatic rings. The van der Waals surface area contributed by atoms with Crippen LogP contribution >= 0.6 is 0 Å². The van der Waals surface area contributed by atoms with Gasteiger partial charge in [-0.25, -0.2) is 0 Å². The Morgan fingerprint density at radius 3 is 2.54 bits per heavy atom. The van der Waals surface area contributed by atoms with Crippen molar-refractivity contribution in [1.29, 1.82) is 0 Å². The predicted molar refractivity (Wildman–Crippen MR) is 110 cm³/mol. The van der Waals surface area contributed by atoms with Crippen molar-refractivity contribution in [2.45, 2.75) is 32.1 Å². The number of nitrogens with one attached hydrogen (secondary N) is 2. The molecule has 2 saturated heterocycles. The highest BCUT2D eigenvalue weighted by Gasteiger charge is 2.29. The van der Waals surface area contributed by atoms with Crippen LogP contribution in [0.25, 0.3) is 10.9 Å². The maximum atomic E-state index is 12.6. The SMILES string of the molecule is NC(=O)c1cc(C[CH]C(=O)N2CCC(C3CCNCC3)CC2)cc2cc[nH]c12. The summed E-state index contributed by atoms with van der Waals surface area (Å²) in [6.45, 7) is 3.98. The molecule has 149 valence electrons. The van der Waals surface area contributed by atoms with Gasteiger partial charge in [-0.05, 0) is 80.8 Å². The minimum absolute atomic E-state index is 0.0959. The highest BCUT2D eigenvalue weighted by molar-refractivity contribution is 6.05. The number of nitrogens with zero attached hydrogens (tertiary/aromatic N) is 1. The van der Waals surface area contributed by atoms with Crippen LogP contribution < -0.4 is 11.1 Å². The molecule has 2 amide bonds. The number of likely N-dealkylation sites (tertiary alicyclic amines) is 1. The second-order valence-corrected chi connectivity index (χ2v) is 8.11. The second-order valence-electron chi connectivity index (χ2n) is 8.11. The molecular formula is C22H29N4O2. The van der Waals surface area contributed by atoms with E-state index in [4.69, 9.17) is 5.73 Å². The molecule has 4 N–H and O–H groups in total. The Morgan fingerprint density at radius 1 is 1.11 bits per heavy atom. The summed E-state index contributed by atoms with van der Waals surface area (Å²) in [6, 6.07) is 5.71. The molecule has 0 saturated carbocycles. The van der Waals surface area contributed by atoms with Gasteiger partial charge in [0, 0.05) is 24.7 Å². The number of carbonyl (C=O) groups excluding carboxylic acids is 2. The van der Waals surface area contributed by atoms with Gasteiger partial charge in [-0.3, -0.25) is 9.59 Å². The van der Waals surface area contributed by atoms with Crippen LogP contribution in [0.4, 0.5) is 0 Å². The summed E-state index contributed by atoms with van der Waals surface area (Å²) in [6.07, 6.45) is 8.82. The first-order chi connectivity index (χ1) is 13.6. The quantitative estimate of drug-likeness (QED) is 0.742. The van der Waals surface area contributed by atoms with Crippen LogP contribution in [0.1, 0.15) is 41.6 Å². The van der Waals surface area contributed by atoms with Crippen molar-refractivity contribution in [3.8, 4) is 0 Å². The second kappa shape index (κ2) is 8.35. The molecule has 6 heteroatoms. The molecule has 2 fully saturated rings. The standard InChI is InChI=1S/C22H29N4O2/c23-22(28)19-14-15(13-18-5-10-25-21(18)19)1-2-20(27)26-11-6-17(7-12-26)16-3-8-24-9-4-16/h2,5,10,13-14,16-17,24-25H,1,3-4,6-9,11-12H2,(H2,23,28). The highest BCUT2D eigenvalue weighted by atomic mass is 16.2. The van der Waals surface area contributed by atoms with E-state index in [0.29, 0.717) is 12.0 Å². The largest absolute Gasteiger partial charge is 0.366 e. The van der Waals surface area contributed by atoms with E-state index < -0.39 is 5.91 Å². The third kappa shape index (κ3) is 4.07. The van der Waals surface area contributed by atoms with Crippen molar-refractivity contribution in [3.05, 3.63) is 41.9 Å². The van der Waals surface area contributed by atoms with Crippen molar-refractivity contribution in [3.63, 3.8) is 0 Å². The maximum absolute atomic E-state index is 12.6. The smallest absolute Gasteiger partial charge is 0.250 e. The summed E-state index contributed by atoms with van der Waals surface area (Å²) >= 11 is 0. The van der Waals surface area contributed by atoms with Crippen LogP contribution in [0.5, 0.6) is 0 Å². The number of benzene rings is 1. The molecule has 0 unspecified atom stereocenters. The van der Waals surface area contributed by atoms with Crippen molar-refractivity contribution >= 4 is 22.7 Å². The third-order valence-corrected chi connectivity index (χ3v) is 6.40. The Hall–Kier alpha value is -2.34. The van der Waals surface area contributed by atoms with Gasteiger partial charge < -0.3 is 20.9 Å². The van der Waals surface area contributed by atoms with Crippen molar-refractivity contribution in [1.82, 2.24) is 15.2 Å². The van der Waals surface area contributed by atoms with Crippen molar-refractivity contribution in [2.24, 2.45) is 17.6 Å². The minimum Gasteiger partial charge on any atom is -0.366 e. The number of hydrogen-bond acceptors (Lipinski definition) is 3. The van der Waals surface area contributed by atoms with Gasteiger partial charge in [0.2, 0.25) is 5.91 Å².